The van der Waals surface area contributed by atoms with Gasteiger partial charge in [-0.15, -0.1) is 0 Å². The summed E-state index contributed by atoms with van der Waals surface area (Å²) in [5.41, 5.74) is 5.13. The van der Waals surface area contributed by atoms with Gasteiger partial charge < -0.3 is 5.11 Å². The summed E-state index contributed by atoms with van der Waals surface area (Å²) in [7, 11) is 0. The quantitative estimate of drug-likeness (QED) is 0.883. The molecule has 2 aliphatic rings. The van der Waals surface area contributed by atoms with Crippen molar-refractivity contribution in [3.63, 3.8) is 0 Å². The lowest BCUT2D eigenvalue weighted by Crippen LogP contribution is -2.36. The summed E-state index contributed by atoms with van der Waals surface area (Å²) in [5.74, 6) is -0.315. The van der Waals surface area contributed by atoms with Gasteiger partial charge in [-0.2, -0.15) is 0 Å². The van der Waals surface area contributed by atoms with Crippen molar-refractivity contribution in [2.24, 2.45) is 11.3 Å². The van der Waals surface area contributed by atoms with Crippen molar-refractivity contribution >= 4 is 5.97 Å². The SMILES string of the molecule is Cc1cc(C)c(CN2C[C@@H](C3(C)C=CC=CC3)C[C@H]2C(=O)O)c(C)c1. The molecule has 134 valence electrons. The average Bonchev–Trinajstić information content (AvgIpc) is 2.96. The Labute approximate surface area is 151 Å². The molecule has 0 bridgehead atoms. The molecule has 1 N–H and O–H groups in total. The number of carboxylic acid groups (broad SMARTS) is 1. The largest absolute Gasteiger partial charge is 0.480 e. The fraction of sp³-hybridized carbons (Fsp3) is 0.500. The molecular weight excluding hydrogens is 310 g/mol. The predicted molar refractivity (Wildman–Crippen MR) is 102 cm³/mol. The van der Waals surface area contributed by atoms with Gasteiger partial charge in [0.05, 0.1) is 0 Å². The van der Waals surface area contributed by atoms with Crippen LogP contribution in [0.5, 0.6) is 0 Å². The summed E-state index contributed by atoms with van der Waals surface area (Å²) in [6, 6.07) is 4.00. The number of allylic oxidation sites excluding steroid dienone is 4. The Morgan fingerprint density at radius 1 is 1.24 bits per heavy atom. The van der Waals surface area contributed by atoms with Crippen LogP contribution in [0.1, 0.15) is 42.0 Å². The third-order valence-electron chi connectivity index (χ3n) is 6.10. The second kappa shape index (κ2) is 6.80. The molecule has 1 aliphatic carbocycles. The number of aliphatic carboxylic acids is 1. The number of nitrogens with zero attached hydrogens (tertiary/aromatic N) is 1. The van der Waals surface area contributed by atoms with Crippen LogP contribution in [0.4, 0.5) is 0 Å². The van der Waals surface area contributed by atoms with Crippen molar-refractivity contribution in [2.75, 3.05) is 6.54 Å². The Morgan fingerprint density at radius 3 is 2.48 bits per heavy atom. The highest BCUT2D eigenvalue weighted by molar-refractivity contribution is 5.74. The Morgan fingerprint density at radius 2 is 1.92 bits per heavy atom. The zero-order valence-corrected chi connectivity index (χ0v) is 15.7. The van der Waals surface area contributed by atoms with E-state index in [4.69, 9.17) is 0 Å². The van der Waals surface area contributed by atoms with Crippen LogP contribution in [0.2, 0.25) is 0 Å². The first kappa shape index (κ1) is 17.9. The van der Waals surface area contributed by atoms with Crippen molar-refractivity contribution in [1.29, 1.82) is 0 Å². The van der Waals surface area contributed by atoms with Gasteiger partial charge in [0.15, 0.2) is 0 Å². The van der Waals surface area contributed by atoms with Crippen LogP contribution >= 0.6 is 0 Å². The molecule has 3 atom stereocenters. The van der Waals surface area contributed by atoms with Crippen molar-refractivity contribution in [1.82, 2.24) is 4.90 Å². The minimum atomic E-state index is -0.691. The number of likely N-dealkylation sites (tertiary alicyclic amines) is 1. The normalized spacial score (nSPS) is 29.3. The summed E-state index contributed by atoms with van der Waals surface area (Å²) < 4.78 is 0. The van der Waals surface area contributed by atoms with E-state index in [0.717, 1.165) is 25.9 Å². The summed E-state index contributed by atoms with van der Waals surface area (Å²) in [6.07, 6.45) is 10.4. The number of aryl methyl sites for hydroxylation is 3. The summed E-state index contributed by atoms with van der Waals surface area (Å²) >= 11 is 0. The summed E-state index contributed by atoms with van der Waals surface area (Å²) in [5, 5.41) is 9.77. The average molecular weight is 339 g/mol. The maximum absolute atomic E-state index is 11.9. The van der Waals surface area contributed by atoms with E-state index in [1.54, 1.807) is 0 Å². The van der Waals surface area contributed by atoms with Crippen LogP contribution in [0.15, 0.2) is 36.4 Å². The van der Waals surface area contributed by atoms with Crippen LogP contribution in [-0.4, -0.2) is 28.6 Å². The van der Waals surface area contributed by atoms with E-state index in [2.05, 4.69) is 69.0 Å². The van der Waals surface area contributed by atoms with Crippen LogP contribution in [-0.2, 0) is 11.3 Å². The van der Waals surface area contributed by atoms with Crippen molar-refractivity contribution < 1.29 is 9.90 Å². The smallest absolute Gasteiger partial charge is 0.320 e. The minimum absolute atomic E-state index is 0.0641. The van der Waals surface area contributed by atoms with Gasteiger partial charge in [-0.3, -0.25) is 9.69 Å². The molecule has 1 saturated heterocycles. The molecule has 3 nitrogen and oxygen atoms in total. The molecule has 0 radical (unpaired) electrons. The van der Waals surface area contributed by atoms with Crippen molar-refractivity contribution in [3.8, 4) is 0 Å². The first-order chi connectivity index (χ1) is 11.8. The highest BCUT2D eigenvalue weighted by Crippen LogP contribution is 2.43. The first-order valence-electron chi connectivity index (χ1n) is 9.18. The lowest BCUT2D eigenvalue weighted by atomic mass is 9.72. The number of carbonyl (C=O) groups is 1. The highest BCUT2D eigenvalue weighted by Gasteiger charge is 2.44. The Bertz CT molecular complexity index is 711. The van der Waals surface area contributed by atoms with E-state index in [9.17, 15) is 9.90 Å². The molecule has 25 heavy (non-hydrogen) atoms. The first-order valence-corrected chi connectivity index (χ1v) is 9.18. The lowest BCUT2D eigenvalue weighted by molar-refractivity contribution is -0.142. The third-order valence-corrected chi connectivity index (χ3v) is 6.10. The molecule has 1 aromatic carbocycles. The van der Waals surface area contributed by atoms with E-state index >= 15 is 0 Å². The second-order valence-corrected chi connectivity index (χ2v) is 8.09. The number of rotatable bonds is 4. The number of carboxylic acids is 1. The van der Waals surface area contributed by atoms with Gasteiger partial charge in [-0.25, -0.2) is 0 Å². The van der Waals surface area contributed by atoms with Gasteiger partial charge in [0.1, 0.15) is 6.04 Å². The molecule has 1 unspecified atom stereocenters. The van der Waals surface area contributed by atoms with E-state index in [0.29, 0.717) is 5.92 Å². The topological polar surface area (TPSA) is 40.5 Å². The molecule has 0 spiro atoms. The standard InChI is InChI=1S/C22H29NO2/c1-15-10-16(2)19(17(3)11-15)14-23-13-18(12-20(23)21(24)25)22(4)8-6-5-7-9-22/h5-8,10-11,18,20H,9,12-14H2,1-4H3,(H,24,25)/t18-,20-,22?/m0/s1. The molecule has 1 heterocycles. The van der Waals surface area contributed by atoms with Gasteiger partial charge >= 0.3 is 5.97 Å². The highest BCUT2D eigenvalue weighted by atomic mass is 16.4. The predicted octanol–water partition coefficient (Wildman–Crippen LogP) is 4.41. The zero-order chi connectivity index (χ0) is 18.2. The van der Waals surface area contributed by atoms with Gasteiger partial charge in [0, 0.05) is 13.1 Å². The van der Waals surface area contributed by atoms with Crippen molar-refractivity contribution in [3.05, 3.63) is 58.7 Å². The Kier molecular flexibility index (Phi) is 4.88. The van der Waals surface area contributed by atoms with E-state index < -0.39 is 5.97 Å². The minimum Gasteiger partial charge on any atom is -0.480 e. The summed E-state index contributed by atoms with van der Waals surface area (Å²) in [6.45, 7) is 10.2. The molecular formula is C22H29NO2. The molecule has 1 aromatic rings. The number of benzene rings is 1. The van der Waals surface area contributed by atoms with Crippen LogP contribution in [0, 0.1) is 32.1 Å². The van der Waals surface area contributed by atoms with Crippen LogP contribution in [0.3, 0.4) is 0 Å². The molecule has 3 heteroatoms. The van der Waals surface area contributed by atoms with Gasteiger partial charge in [-0.1, -0.05) is 48.9 Å². The van der Waals surface area contributed by atoms with E-state index in [1.165, 1.54) is 22.3 Å². The molecule has 0 amide bonds. The lowest BCUT2D eigenvalue weighted by Gasteiger charge is -2.33. The maximum atomic E-state index is 11.9. The Hall–Kier alpha value is -1.87. The fourth-order valence-corrected chi connectivity index (χ4v) is 4.52. The maximum Gasteiger partial charge on any atom is 0.320 e. The monoisotopic (exact) mass is 339 g/mol. The molecule has 0 aromatic heterocycles. The number of hydrogen-bond acceptors (Lipinski definition) is 2. The van der Waals surface area contributed by atoms with Crippen LogP contribution < -0.4 is 0 Å². The van der Waals surface area contributed by atoms with Crippen molar-refractivity contribution in [2.45, 2.75) is 53.1 Å². The molecule has 1 aliphatic heterocycles. The van der Waals surface area contributed by atoms with Gasteiger partial charge in [-0.05, 0) is 61.6 Å². The second-order valence-electron chi connectivity index (χ2n) is 8.09. The Balaban J connectivity index is 1.84. The van der Waals surface area contributed by atoms with Gasteiger partial charge in [0.25, 0.3) is 0 Å². The molecule has 3 rings (SSSR count). The molecule has 1 fully saturated rings. The van der Waals surface area contributed by atoms with Crippen LogP contribution in [0.25, 0.3) is 0 Å². The third kappa shape index (κ3) is 3.57. The van der Waals surface area contributed by atoms with Gasteiger partial charge in [0.2, 0.25) is 0 Å². The number of hydrogen-bond donors (Lipinski definition) is 1. The van der Waals surface area contributed by atoms with E-state index in [-0.39, 0.29) is 11.5 Å². The zero-order valence-electron chi connectivity index (χ0n) is 15.7. The summed E-state index contributed by atoms with van der Waals surface area (Å²) in [4.78, 5) is 14.1. The molecule has 0 saturated carbocycles. The fourth-order valence-electron chi connectivity index (χ4n) is 4.52. The van der Waals surface area contributed by atoms with E-state index in [1.807, 2.05) is 0 Å².